The number of nitrogens with zero attached hydrogens (tertiary/aromatic N) is 2. The van der Waals surface area contributed by atoms with Crippen molar-refractivity contribution in [2.45, 2.75) is 56.5 Å². The van der Waals surface area contributed by atoms with Crippen LogP contribution in [0.5, 0.6) is 5.75 Å². The number of likely N-dealkylation sites (tertiary alicyclic amines) is 1. The van der Waals surface area contributed by atoms with Gasteiger partial charge in [-0.3, -0.25) is 20.7 Å². The SMILES string of the molecule is FC(F)(F)c1cccc(OCCC2CC(C3CCCN3Cc3ccncc3)NN2)c1. The molecule has 3 atom stereocenters. The van der Waals surface area contributed by atoms with Gasteiger partial charge in [-0.05, 0) is 68.1 Å². The van der Waals surface area contributed by atoms with Gasteiger partial charge < -0.3 is 4.74 Å². The molecule has 0 aliphatic carbocycles. The minimum atomic E-state index is -4.35. The summed E-state index contributed by atoms with van der Waals surface area (Å²) < 4.78 is 44.0. The third-order valence-corrected chi connectivity index (χ3v) is 5.92. The average Bonchev–Trinajstić information content (AvgIpc) is 3.38. The van der Waals surface area contributed by atoms with Gasteiger partial charge in [-0.15, -0.1) is 0 Å². The second-order valence-corrected chi connectivity index (χ2v) is 8.03. The molecule has 5 nitrogen and oxygen atoms in total. The van der Waals surface area contributed by atoms with Crippen molar-refractivity contribution in [1.82, 2.24) is 20.7 Å². The monoisotopic (exact) mass is 420 g/mol. The molecule has 0 saturated carbocycles. The third kappa shape index (κ3) is 5.30. The number of ether oxygens (including phenoxy) is 1. The van der Waals surface area contributed by atoms with Crippen molar-refractivity contribution in [2.75, 3.05) is 13.2 Å². The smallest absolute Gasteiger partial charge is 0.416 e. The summed E-state index contributed by atoms with van der Waals surface area (Å²) in [6, 6.07) is 10.2. The molecule has 2 saturated heterocycles. The Labute approximate surface area is 174 Å². The topological polar surface area (TPSA) is 49.4 Å². The molecule has 4 rings (SSSR count). The number of pyridine rings is 1. The molecule has 0 radical (unpaired) electrons. The van der Waals surface area contributed by atoms with Gasteiger partial charge in [0.1, 0.15) is 5.75 Å². The van der Waals surface area contributed by atoms with Crippen LogP contribution in [0, 0.1) is 0 Å². The summed E-state index contributed by atoms with van der Waals surface area (Å²) in [5.41, 5.74) is 7.37. The van der Waals surface area contributed by atoms with E-state index in [1.54, 1.807) is 6.07 Å². The zero-order chi connectivity index (χ0) is 21.0. The van der Waals surface area contributed by atoms with Crippen molar-refractivity contribution in [2.24, 2.45) is 0 Å². The number of alkyl halides is 3. The van der Waals surface area contributed by atoms with Gasteiger partial charge in [0.2, 0.25) is 0 Å². The Hall–Kier alpha value is -2.16. The molecule has 0 spiro atoms. The number of benzene rings is 1. The van der Waals surface area contributed by atoms with Crippen LogP contribution >= 0.6 is 0 Å². The molecule has 3 unspecified atom stereocenters. The van der Waals surface area contributed by atoms with E-state index in [1.165, 1.54) is 18.1 Å². The van der Waals surface area contributed by atoms with Gasteiger partial charge in [0.15, 0.2) is 0 Å². The zero-order valence-corrected chi connectivity index (χ0v) is 16.7. The largest absolute Gasteiger partial charge is 0.494 e. The first-order valence-corrected chi connectivity index (χ1v) is 10.4. The predicted octanol–water partition coefficient (Wildman–Crippen LogP) is 3.77. The highest BCUT2D eigenvalue weighted by atomic mass is 19.4. The number of halogens is 3. The van der Waals surface area contributed by atoms with E-state index in [-0.39, 0.29) is 11.8 Å². The zero-order valence-electron chi connectivity index (χ0n) is 16.7. The Bertz CT molecular complexity index is 818. The molecule has 1 aromatic heterocycles. The molecule has 2 fully saturated rings. The molecular weight excluding hydrogens is 393 g/mol. The highest BCUT2D eigenvalue weighted by molar-refractivity contribution is 5.30. The summed E-state index contributed by atoms with van der Waals surface area (Å²) in [5.74, 6) is 0.256. The van der Waals surface area contributed by atoms with Crippen molar-refractivity contribution >= 4 is 0 Å². The minimum absolute atomic E-state index is 0.240. The van der Waals surface area contributed by atoms with Crippen molar-refractivity contribution in [3.8, 4) is 5.75 Å². The molecular formula is C22H27F3N4O. The normalized spacial score (nSPS) is 25.0. The van der Waals surface area contributed by atoms with Gasteiger partial charge >= 0.3 is 6.18 Å². The maximum atomic E-state index is 12.8. The van der Waals surface area contributed by atoms with Crippen molar-refractivity contribution < 1.29 is 17.9 Å². The van der Waals surface area contributed by atoms with Crippen LogP contribution in [0.1, 0.15) is 36.8 Å². The van der Waals surface area contributed by atoms with Crippen LogP contribution in [-0.4, -0.2) is 41.2 Å². The van der Waals surface area contributed by atoms with Gasteiger partial charge in [-0.1, -0.05) is 6.07 Å². The van der Waals surface area contributed by atoms with Crippen LogP contribution in [0.3, 0.4) is 0 Å². The van der Waals surface area contributed by atoms with Crippen LogP contribution in [0.4, 0.5) is 13.2 Å². The van der Waals surface area contributed by atoms with Crippen LogP contribution in [0.25, 0.3) is 0 Å². The Balaban J connectivity index is 1.25. The van der Waals surface area contributed by atoms with Gasteiger partial charge in [-0.2, -0.15) is 13.2 Å². The molecule has 162 valence electrons. The highest BCUT2D eigenvalue weighted by Crippen LogP contribution is 2.31. The molecule has 8 heteroatoms. The Kier molecular flexibility index (Phi) is 6.55. The van der Waals surface area contributed by atoms with E-state index in [1.807, 2.05) is 12.4 Å². The van der Waals surface area contributed by atoms with Crippen LogP contribution < -0.4 is 15.6 Å². The first-order chi connectivity index (χ1) is 14.5. The molecule has 1 aromatic carbocycles. The Morgan fingerprint density at radius 3 is 2.77 bits per heavy atom. The number of rotatable bonds is 7. The predicted molar refractivity (Wildman–Crippen MR) is 108 cm³/mol. The van der Waals surface area contributed by atoms with E-state index in [9.17, 15) is 13.2 Å². The standard InChI is InChI=1S/C22H27F3N4O/c23-22(24,25)17-3-1-4-19(13-17)30-12-8-18-14-20(28-27-18)21-5-2-11-29(21)15-16-6-9-26-10-7-16/h1,3-4,6-7,9-10,13,18,20-21,27-28H,2,5,8,11-12,14-15H2. The highest BCUT2D eigenvalue weighted by Gasteiger charge is 2.36. The first kappa shape index (κ1) is 21.1. The molecule has 2 N–H and O–H groups in total. The minimum Gasteiger partial charge on any atom is -0.494 e. The Morgan fingerprint density at radius 2 is 1.97 bits per heavy atom. The fraction of sp³-hybridized carbons (Fsp3) is 0.500. The van der Waals surface area contributed by atoms with Crippen molar-refractivity contribution in [3.63, 3.8) is 0 Å². The number of hydrazine groups is 1. The first-order valence-electron chi connectivity index (χ1n) is 10.4. The number of hydrogen-bond donors (Lipinski definition) is 2. The summed E-state index contributed by atoms with van der Waals surface area (Å²) >= 11 is 0. The lowest BCUT2D eigenvalue weighted by molar-refractivity contribution is -0.137. The van der Waals surface area contributed by atoms with E-state index in [0.29, 0.717) is 18.7 Å². The van der Waals surface area contributed by atoms with E-state index in [0.717, 1.165) is 44.5 Å². The van der Waals surface area contributed by atoms with Crippen LogP contribution in [-0.2, 0) is 12.7 Å². The number of aromatic nitrogens is 1. The van der Waals surface area contributed by atoms with E-state index >= 15 is 0 Å². The lowest BCUT2D eigenvalue weighted by Crippen LogP contribution is -2.45. The van der Waals surface area contributed by atoms with Crippen molar-refractivity contribution in [1.29, 1.82) is 0 Å². The summed E-state index contributed by atoms with van der Waals surface area (Å²) in [6.07, 6.45) is 3.37. The van der Waals surface area contributed by atoms with E-state index < -0.39 is 11.7 Å². The summed E-state index contributed by atoms with van der Waals surface area (Å²) in [7, 11) is 0. The van der Waals surface area contributed by atoms with Gasteiger partial charge in [0, 0.05) is 37.1 Å². The fourth-order valence-electron chi connectivity index (χ4n) is 4.40. The maximum absolute atomic E-state index is 12.8. The molecule has 0 amide bonds. The Morgan fingerprint density at radius 1 is 1.13 bits per heavy atom. The summed E-state index contributed by atoms with van der Waals surface area (Å²) in [5, 5.41) is 0. The maximum Gasteiger partial charge on any atom is 0.416 e. The quantitative estimate of drug-likeness (QED) is 0.714. The van der Waals surface area contributed by atoms with Crippen LogP contribution in [0.2, 0.25) is 0 Å². The second-order valence-electron chi connectivity index (χ2n) is 8.03. The lowest BCUT2D eigenvalue weighted by atomic mass is 9.99. The fourth-order valence-corrected chi connectivity index (χ4v) is 4.40. The molecule has 3 heterocycles. The van der Waals surface area contributed by atoms with Crippen molar-refractivity contribution in [3.05, 3.63) is 59.9 Å². The van der Waals surface area contributed by atoms with E-state index in [4.69, 9.17) is 4.74 Å². The molecule has 2 aromatic rings. The van der Waals surface area contributed by atoms with Gasteiger partial charge in [-0.25, -0.2) is 0 Å². The van der Waals surface area contributed by atoms with Gasteiger partial charge in [0.25, 0.3) is 0 Å². The van der Waals surface area contributed by atoms with Crippen LogP contribution in [0.15, 0.2) is 48.8 Å². The molecule has 30 heavy (non-hydrogen) atoms. The lowest BCUT2D eigenvalue weighted by Gasteiger charge is -2.29. The van der Waals surface area contributed by atoms with E-state index in [2.05, 4.69) is 32.9 Å². The molecule has 0 bridgehead atoms. The molecule has 2 aliphatic rings. The summed E-state index contributed by atoms with van der Waals surface area (Å²) in [6.45, 7) is 2.39. The average molecular weight is 420 g/mol. The van der Waals surface area contributed by atoms with Gasteiger partial charge in [0.05, 0.1) is 12.2 Å². The number of hydrogen-bond acceptors (Lipinski definition) is 5. The second kappa shape index (κ2) is 9.32. The summed E-state index contributed by atoms with van der Waals surface area (Å²) in [4.78, 5) is 6.61. The molecule has 2 aliphatic heterocycles. The third-order valence-electron chi connectivity index (χ3n) is 5.92. The number of nitrogens with one attached hydrogen (secondary N) is 2.